The fraction of sp³-hybridized carbons (Fsp3) is 0.208. The number of carbonyl (C=O) groups is 1. The molecular weight excluding hydrogens is 404 g/mol. The Balaban J connectivity index is 1.65. The van der Waals surface area contributed by atoms with Gasteiger partial charge in [0.05, 0.1) is 30.2 Å². The Morgan fingerprint density at radius 1 is 1.22 bits per heavy atom. The van der Waals surface area contributed by atoms with Crippen LogP contribution in [0.25, 0.3) is 22.5 Å². The van der Waals surface area contributed by atoms with E-state index in [1.54, 1.807) is 35.5 Å². The van der Waals surface area contributed by atoms with Gasteiger partial charge < -0.3 is 10.1 Å². The van der Waals surface area contributed by atoms with E-state index in [2.05, 4.69) is 31.9 Å². The lowest BCUT2D eigenvalue weighted by Gasteiger charge is -2.15. The highest BCUT2D eigenvalue weighted by Crippen LogP contribution is 2.34. The molecule has 0 bridgehead atoms. The maximum absolute atomic E-state index is 12.6. The van der Waals surface area contributed by atoms with Crippen LogP contribution in [0.5, 0.6) is 5.88 Å². The molecule has 4 heterocycles. The lowest BCUT2D eigenvalue weighted by molar-refractivity contribution is 0.0925. The zero-order valence-corrected chi connectivity index (χ0v) is 18.1. The smallest absolute Gasteiger partial charge is 0.270 e. The van der Waals surface area contributed by atoms with Crippen LogP contribution in [0.3, 0.4) is 0 Å². The standard InChI is InChI=1S/C24H24N6O2/c1-4-17(6-5-16(2)3)15-32-20-14-27-19(13-28-20)21-22(18-7-9-25-10-8-18)29-30-12-11-26-24(31)23(21)30/h4-10,13-14H,1,11-12,15H2,2-3H3,(H,26,31). The van der Waals surface area contributed by atoms with Gasteiger partial charge in [-0.1, -0.05) is 30.4 Å². The molecule has 1 aliphatic heterocycles. The number of nitrogens with one attached hydrogen (secondary N) is 1. The first-order valence-corrected chi connectivity index (χ1v) is 10.3. The molecule has 0 unspecified atom stereocenters. The summed E-state index contributed by atoms with van der Waals surface area (Å²) in [6.07, 6.45) is 12.3. The number of rotatable bonds is 7. The second-order valence-electron chi connectivity index (χ2n) is 7.51. The molecule has 0 radical (unpaired) electrons. The summed E-state index contributed by atoms with van der Waals surface area (Å²) >= 11 is 0. The zero-order chi connectivity index (χ0) is 22.5. The Kier molecular flexibility index (Phi) is 6.21. The van der Waals surface area contributed by atoms with Crippen LogP contribution in [0.15, 0.2) is 72.9 Å². The van der Waals surface area contributed by atoms with E-state index in [9.17, 15) is 4.79 Å². The molecule has 0 atom stereocenters. The second kappa shape index (κ2) is 9.38. The molecule has 3 aromatic rings. The molecule has 8 nitrogen and oxygen atoms in total. The second-order valence-corrected chi connectivity index (χ2v) is 7.51. The Labute approximate surface area is 186 Å². The largest absolute Gasteiger partial charge is 0.472 e. The summed E-state index contributed by atoms with van der Waals surface area (Å²) in [6.45, 7) is 9.33. The lowest BCUT2D eigenvalue weighted by Crippen LogP contribution is -2.35. The van der Waals surface area contributed by atoms with Crippen molar-refractivity contribution in [1.29, 1.82) is 0 Å². The van der Waals surface area contributed by atoms with Crippen molar-refractivity contribution >= 4 is 5.91 Å². The summed E-state index contributed by atoms with van der Waals surface area (Å²) in [6, 6.07) is 3.71. The van der Waals surface area contributed by atoms with E-state index < -0.39 is 0 Å². The van der Waals surface area contributed by atoms with E-state index in [1.807, 2.05) is 38.1 Å². The van der Waals surface area contributed by atoms with Crippen LogP contribution in [0.4, 0.5) is 0 Å². The van der Waals surface area contributed by atoms with Gasteiger partial charge >= 0.3 is 0 Å². The number of fused-ring (bicyclic) bond motifs is 1. The Morgan fingerprint density at radius 3 is 2.72 bits per heavy atom. The van der Waals surface area contributed by atoms with Crippen molar-refractivity contribution in [3.05, 3.63) is 78.6 Å². The van der Waals surface area contributed by atoms with Crippen molar-refractivity contribution in [3.63, 3.8) is 0 Å². The van der Waals surface area contributed by atoms with E-state index in [0.29, 0.717) is 48.2 Å². The number of ether oxygens (including phenoxy) is 1. The third kappa shape index (κ3) is 4.49. The molecule has 0 aliphatic carbocycles. The predicted molar refractivity (Wildman–Crippen MR) is 122 cm³/mol. The lowest BCUT2D eigenvalue weighted by atomic mass is 10.0. The minimum Gasteiger partial charge on any atom is -0.472 e. The van der Waals surface area contributed by atoms with Gasteiger partial charge in [-0.15, -0.1) is 0 Å². The first-order valence-electron chi connectivity index (χ1n) is 10.3. The van der Waals surface area contributed by atoms with Crippen molar-refractivity contribution in [1.82, 2.24) is 30.0 Å². The maximum atomic E-state index is 12.6. The van der Waals surface area contributed by atoms with Crippen molar-refractivity contribution in [2.75, 3.05) is 13.2 Å². The molecule has 1 aliphatic rings. The third-order valence-electron chi connectivity index (χ3n) is 4.89. The van der Waals surface area contributed by atoms with Crippen molar-refractivity contribution in [3.8, 4) is 28.4 Å². The molecule has 32 heavy (non-hydrogen) atoms. The van der Waals surface area contributed by atoms with Crippen LogP contribution in [0, 0.1) is 0 Å². The molecule has 4 rings (SSSR count). The number of amides is 1. The number of hydrogen-bond donors (Lipinski definition) is 1. The van der Waals surface area contributed by atoms with Crippen LogP contribution in [-0.2, 0) is 6.54 Å². The monoisotopic (exact) mass is 428 g/mol. The zero-order valence-electron chi connectivity index (χ0n) is 18.1. The fourth-order valence-corrected chi connectivity index (χ4v) is 3.29. The predicted octanol–water partition coefficient (Wildman–Crippen LogP) is 3.60. The van der Waals surface area contributed by atoms with E-state index in [1.165, 1.54) is 5.57 Å². The maximum Gasteiger partial charge on any atom is 0.270 e. The van der Waals surface area contributed by atoms with Gasteiger partial charge in [-0.25, -0.2) is 9.97 Å². The fourth-order valence-electron chi connectivity index (χ4n) is 3.29. The molecule has 8 heteroatoms. The van der Waals surface area contributed by atoms with Gasteiger partial charge in [0, 0.05) is 24.5 Å². The molecule has 162 valence electrons. The first kappa shape index (κ1) is 21.2. The molecule has 0 saturated heterocycles. The van der Waals surface area contributed by atoms with Crippen molar-refractivity contribution in [2.45, 2.75) is 20.4 Å². The van der Waals surface area contributed by atoms with Gasteiger partial charge in [-0.3, -0.25) is 14.5 Å². The van der Waals surface area contributed by atoms with E-state index in [0.717, 1.165) is 11.1 Å². The van der Waals surface area contributed by atoms with Crippen molar-refractivity contribution < 1.29 is 9.53 Å². The van der Waals surface area contributed by atoms with E-state index >= 15 is 0 Å². The Hall–Kier alpha value is -4.07. The van der Waals surface area contributed by atoms with Gasteiger partial charge in [0.25, 0.3) is 5.91 Å². The number of aromatic nitrogens is 5. The number of pyridine rings is 1. The highest BCUT2D eigenvalue weighted by Gasteiger charge is 2.28. The first-order chi connectivity index (χ1) is 15.6. The summed E-state index contributed by atoms with van der Waals surface area (Å²) in [5.74, 6) is 0.205. The summed E-state index contributed by atoms with van der Waals surface area (Å²) in [4.78, 5) is 25.6. The molecule has 0 saturated carbocycles. The van der Waals surface area contributed by atoms with Gasteiger partial charge in [-0.2, -0.15) is 5.10 Å². The summed E-state index contributed by atoms with van der Waals surface area (Å²) < 4.78 is 7.48. The molecule has 0 aromatic carbocycles. The number of nitrogens with zero attached hydrogens (tertiary/aromatic N) is 5. The molecular formula is C24H24N6O2. The van der Waals surface area contributed by atoms with Crippen LogP contribution in [0.2, 0.25) is 0 Å². The quantitative estimate of drug-likeness (QED) is 0.578. The molecule has 3 aromatic heterocycles. The third-order valence-corrected chi connectivity index (χ3v) is 4.89. The van der Waals surface area contributed by atoms with Gasteiger partial charge in [0.1, 0.15) is 18.0 Å². The topological polar surface area (TPSA) is 94.8 Å². The summed E-state index contributed by atoms with van der Waals surface area (Å²) in [5.41, 5.74) is 5.30. The minimum absolute atomic E-state index is 0.179. The number of allylic oxidation sites excluding steroid dienone is 3. The van der Waals surface area contributed by atoms with Gasteiger partial charge in [0.2, 0.25) is 5.88 Å². The van der Waals surface area contributed by atoms with Crippen LogP contribution in [-0.4, -0.2) is 43.8 Å². The highest BCUT2D eigenvalue weighted by molar-refractivity contribution is 6.02. The minimum atomic E-state index is -0.179. The summed E-state index contributed by atoms with van der Waals surface area (Å²) in [5, 5.41) is 7.56. The Bertz CT molecular complexity index is 1190. The average molecular weight is 428 g/mol. The van der Waals surface area contributed by atoms with Crippen LogP contribution >= 0.6 is 0 Å². The highest BCUT2D eigenvalue weighted by atomic mass is 16.5. The Morgan fingerprint density at radius 2 is 2.03 bits per heavy atom. The average Bonchev–Trinajstić information content (AvgIpc) is 3.21. The number of hydrogen-bond acceptors (Lipinski definition) is 6. The van der Waals surface area contributed by atoms with Gasteiger partial charge in [0.15, 0.2) is 0 Å². The van der Waals surface area contributed by atoms with Crippen LogP contribution in [0.1, 0.15) is 24.3 Å². The SMILES string of the molecule is C=CC(=CC=C(C)C)COc1cnc(-c2c(-c3ccncc3)nn3c2C(=O)NCC3)cn1. The molecule has 0 fully saturated rings. The van der Waals surface area contributed by atoms with Crippen molar-refractivity contribution in [2.24, 2.45) is 0 Å². The molecule has 1 amide bonds. The summed E-state index contributed by atoms with van der Waals surface area (Å²) in [7, 11) is 0. The van der Waals surface area contributed by atoms with Gasteiger partial charge in [-0.05, 0) is 31.6 Å². The molecule has 1 N–H and O–H groups in total. The normalized spacial score (nSPS) is 13.2. The van der Waals surface area contributed by atoms with Crippen LogP contribution < -0.4 is 10.1 Å². The molecule has 0 spiro atoms. The van der Waals surface area contributed by atoms with E-state index in [-0.39, 0.29) is 5.91 Å². The van der Waals surface area contributed by atoms with E-state index in [4.69, 9.17) is 4.74 Å². The number of carbonyl (C=O) groups excluding carboxylic acids is 1.